The van der Waals surface area contributed by atoms with Crippen molar-refractivity contribution in [1.82, 2.24) is 0 Å². The molecule has 3 nitrogen and oxygen atoms in total. The van der Waals surface area contributed by atoms with Crippen LogP contribution < -0.4 is 10.1 Å². The first-order valence-electron chi connectivity index (χ1n) is 5.58. The number of rotatable bonds is 6. The van der Waals surface area contributed by atoms with E-state index < -0.39 is 6.61 Å². The van der Waals surface area contributed by atoms with E-state index in [1.807, 2.05) is 13.8 Å². The SMILES string of the molecule is COC(C)C(C)Nc1cc(Cl)cc(Br)c1OC(F)F. The summed E-state index contributed by atoms with van der Waals surface area (Å²) in [4.78, 5) is 0. The van der Waals surface area contributed by atoms with Crippen LogP contribution in [0, 0.1) is 0 Å². The summed E-state index contributed by atoms with van der Waals surface area (Å²) < 4.78 is 34.9. The van der Waals surface area contributed by atoms with Crippen molar-refractivity contribution in [3.05, 3.63) is 21.6 Å². The highest BCUT2D eigenvalue weighted by atomic mass is 79.9. The first-order valence-corrected chi connectivity index (χ1v) is 6.75. The molecule has 0 aliphatic carbocycles. The Morgan fingerprint density at radius 1 is 1.32 bits per heavy atom. The van der Waals surface area contributed by atoms with Crippen LogP contribution in [0.3, 0.4) is 0 Å². The van der Waals surface area contributed by atoms with Gasteiger partial charge in [0.15, 0.2) is 5.75 Å². The number of ether oxygens (including phenoxy) is 2. The van der Waals surface area contributed by atoms with Crippen LogP contribution in [0.5, 0.6) is 5.75 Å². The molecule has 1 aromatic rings. The zero-order valence-electron chi connectivity index (χ0n) is 10.7. The van der Waals surface area contributed by atoms with Gasteiger partial charge in [-0.05, 0) is 41.9 Å². The van der Waals surface area contributed by atoms with Gasteiger partial charge in [0, 0.05) is 18.2 Å². The number of alkyl halides is 2. The Morgan fingerprint density at radius 3 is 2.47 bits per heavy atom. The van der Waals surface area contributed by atoms with Crippen molar-refractivity contribution in [3.8, 4) is 5.75 Å². The molecule has 7 heteroatoms. The number of halogens is 4. The molecule has 2 atom stereocenters. The van der Waals surface area contributed by atoms with Crippen molar-refractivity contribution in [3.63, 3.8) is 0 Å². The van der Waals surface area contributed by atoms with Crippen molar-refractivity contribution in [2.75, 3.05) is 12.4 Å². The third-order valence-electron chi connectivity index (χ3n) is 2.67. The number of benzene rings is 1. The fourth-order valence-corrected chi connectivity index (χ4v) is 2.35. The van der Waals surface area contributed by atoms with Gasteiger partial charge in [-0.15, -0.1) is 0 Å². The van der Waals surface area contributed by atoms with E-state index in [9.17, 15) is 8.78 Å². The van der Waals surface area contributed by atoms with Gasteiger partial charge in [0.2, 0.25) is 0 Å². The molecule has 0 fully saturated rings. The number of methoxy groups -OCH3 is 1. The summed E-state index contributed by atoms with van der Waals surface area (Å²) in [5.74, 6) is 0.0227. The van der Waals surface area contributed by atoms with Gasteiger partial charge in [0.25, 0.3) is 0 Å². The molecule has 0 saturated carbocycles. The van der Waals surface area contributed by atoms with Crippen molar-refractivity contribution in [1.29, 1.82) is 0 Å². The van der Waals surface area contributed by atoms with Gasteiger partial charge < -0.3 is 14.8 Å². The molecule has 1 N–H and O–H groups in total. The number of hydrogen-bond donors (Lipinski definition) is 1. The van der Waals surface area contributed by atoms with Crippen molar-refractivity contribution in [2.45, 2.75) is 32.6 Å². The van der Waals surface area contributed by atoms with Gasteiger partial charge in [0.1, 0.15) is 0 Å². The molecule has 108 valence electrons. The number of hydrogen-bond acceptors (Lipinski definition) is 3. The summed E-state index contributed by atoms with van der Waals surface area (Å²) in [6.45, 7) is 0.827. The predicted molar refractivity (Wildman–Crippen MR) is 75.3 cm³/mol. The fraction of sp³-hybridized carbons (Fsp3) is 0.500. The Kier molecular flexibility index (Phi) is 6.29. The normalized spacial score (nSPS) is 14.3. The zero-order chi connectivity index (χ0) is 14.6. The Bertz CT molecular complexity index is 434. The Labute approximate surface area is 124 Å². The maximum atomic E-state index is 12.4. The molecule has 19 heavy (non-hydrogen) atoms. The minimum atomic E-state index is -2.91. The van der Waals surface area contributed by atoms with Crippen LogP contribution in [0.1, 0.15) is 13.8 Å². The fourth-order valence-electron chi connectivity index (χ4n) is 1.44. The zero-order valence-corrected chi connectivity index (χ0v) is 13.1. The van der Waals surface area contributed by atoms with Gasteiger partial charge >= 0.3 is 6.61 Å². The smallest absolute Gasteiger partial charge is 0.387 e. The molecule has 0 spiro atoms. The van der Waals surface area contributed by atoms with Crippen LogP contribution in [-0.2, 0) is 4.74 Å². The molecule has 0 aliphatic rings. The van der Waals surface area contributed by atoms with E-state index in [2.05, 4.69) is 26.0 Å². The summed E-state index contributed by atoms with van der Waals surface area (Å²) in [7, 11) is 1.58. The maximum Gasteiger partial charge on any atom is 0.387 e. The topological polar surface area (TPSA) is 30.5 Å². The third kappa shape index (κ3) is 4.78. The molecule has 0 heterocycles. The maximum absolute atomic E-state index is 12.4. The molecule has 0 aliphatic heterocycles. The standard InChI is InChI=1S/C12H15BrClF2NO2/c1-6(7(2)18-3)17-10-5-8(14)4-9(13)11(10)19-12(15)16/h4-7,12,17H,1-3H3. The molecule has 0 bridgehead atoms. The van der Waals surface area contributed by atoms with E-state index in [0.717, 1.165) is 0 Å². The highest BCUT2D eigenvalue weighted by Crippen LogP contribution is 2.38. The summed E-state index contributed by atoms with van der Waals surface area (Å²) >= 11 is 9.07. The highest BCUT2D eigenvalue weighted by molar-refractivity contribution is 9.10. The minimum absolute atomic E-state index is 0.0227. The average Bonchev–Trinajstić information content (AvgIpc) is 2.32. The quantitative estimate of drug-likeness (QED) is 0.810. The molecule has 1 aromatic carbocycles. The Morgan fingerprint density at radius 2 is 1.95 bits per heavy atom. The van der Waals surface area contributed by atoms with E-state index in [1.165, 1.54) is 12.1 Å². The van der Waals surface area contributed by atoms with Gasteiger partial charge in [-0.25, -0.2) is 0 Å². The van der Waals surface area contributed by atoms with Crippen LogP contribution in [0.25, 0.3) is 0 Å². The van der Waals surface area contributed by atoms with Crippen LogP contribution in [0.15, 0.2) is 16.6 Å². The average molecular weight is 359 g/mol. The van der Waals surface area contributed by atoms with Crippen LogP contribution in [-0.4, -0.2) is 25.9 Å². The largest absolute Gasteiger partial charge is 0.431 e. The molecule has 2 unspecified atom stereocenters. The molecule has 0 radical (unpaired) electrons. The number of nitrogens with one attached hydrogen (secondary N) is 1. The second-order valence-corrected chi connectivity index (χ2v) is 5.31. The third-order valence-corrected chi connectivity index (χ3v) is 3.48. The first kappa shape index (κ1) is 16.5. The highest BCUT2D eigenvalue weighted by Gasteiger charge is 2.18. The van der Waals surface area contributed by atoms with E-state index in [0.29, 0.717) is 15.2 Å². The lowest BCUT2D eigenvalue weighted by Gasteiger charge is -2.23. The summed E-state index contributed by atoms with van der Waals surface area (Å²) in [5, 5.41) is 3.46. The molecular weight excluding hydrogens is 343 g/mol. The van der Waals surface area contributed by atoms with Gasteiger partial charge in [0.05, 0.1) is 16.3 Å². The van der Waals surface area contributed by atoms with E-state index in [4.69, 9.17) is 16.3 Å². The van der Waals surface area contributed by atoms with E-state index in [-0.39, 0.29) is 17.9 Å². The Hall–Kier alpha value is -0.590. The molecule has 0 aromatic heterocycles. The second kappa shape index (κ2) is 7.26. The minimum Gasteiger partial charge on any atom is -0.431 e. The lowest BCUT2D eigenvalue weighted by Crippen LogP contribution is -2.30. The lowest BCUT2D eigenvalue weighted by molar-refractivity contribution is -0.0499. The van der Waals surface area contributed by atoms with E-state index in [1.54, 1.807) is 7.11 Å². The number of anilines is 1. The second-order valence-electron chi connectivity index (χ2n) is 4.02. The van der Waals surface area contributed by atoms with Crippen molar-refractivity contribution < 1.29 is 18.3 Å². The molecule has 0 saturated heterocycles. The Balaban J connectivity index is 3.03. The van der Waals surface area contributed by atoms with Gasteiger partial charge in [-0.2, -0.15) is 8.78 Å². The van der Waals surface area contributed by atoms with Crippen molar-refractivity contribution >= 4 is 33.2 Å². The van der Waals surface area contributed by atoms with E-state index >= 15 is 0 Å². The lowest BCUT2D eigenvalue weighted by atomic mass is 10.2. The van der Waals surface area contributed by atoms with Crippen molar-refractivity contribution in [2.24, 2.45) is 0 Å². The summed E-state index contributed by atoms with van der Waals surface area (Å²) in [6, 6.07) is 2.92. The van der Waals surface area contributed by atoms with Crippen LogP contribution in [0.4, 0.5) is 14.5 Å². The first-order chi connectivity index (χ1) is 8.85. The molecule has 1 rings (SSSR count). The van der Waals surface area contributed by atoms with Crippen LogP contribution >= 0.6 is 27.5 Å². The summed E-state index contributed by atoms with van der Waals surface area (Å²) in [6.07, 6.45) is -0.0999. The van der Waals surface area contributed by atoms with Gasteiger partial charge in [-0.3, -0.25) is 0 Å². The molecule has 0 amide bonds. The van der Waals surface area contributed by atoms with Crippen LogP contribution in [0.2, 0.25) is 5.02 Å². The summed E-state index contributed by atoms with van der Waals surface area (Å²) in [5.41, 5.74) is 0.385. The van der Waals surface area contributed by atoms with Gasteiger partial charge in [-0.1, -0.05) is 11.6 Å². The molecular formula is C12H15BrClF2NO2. The predicted octanol–water partition coefficient (Wildman–Crippen LogP) is 4.54. The monoisotopic (exact) mass is 357 g/mol.